The van der Waals surface area contributed by atoms with Gasteiger partial charge in [0.2, 0.25) is 5.91 Å². The number of rotatable bonds is 1. The van der Waals surface area contributed by atoms with Gasteiger partial charge in [0, 0.05) is 6.92 Å². The fourth-order valence-corrected chi connectivity index (χ4v) is 0.604. The van der Waals surface area contributed by atoms with Gasteiger partial charge in [-0.05, 0) is 6.92 Å². The van der Waals surface area contributed by atoms with Gasteiger partial charge in [0.15, 0.2) is 5.50 Å². The van der Waals surface area contributed by atoms with Crippen LogP contribution < -0.4 is 5.32 Å². The summed E-state index contributed by atoms with van der Waals surface area (Å²) in [5, 5.41) is 2.40. The number of hydrogen-bond donors (Lipinski definition) is 1. The van der Waals surface area contributed by atoms with Gasteiger partial charge in [0.25, 0.3) is 0 Å². The van der Waals surface area contributed by atoms with Crippen molar-refractivity contribution in [3.63, 3.8) is 0 Å². The highest BCUT2D eigenvalue weighted by Crippen LogP contribution is 1.85. The number of amides is 1. The third kappa shape index (κ3) is 5.19. The van der Waals surface area contributed by atoms with Crippen molar-refractivity contribution in [1.82, 2.24) is 5.32 Å². The SMILES string of the molecule is CC#CC(Cl)NC(C)=O. The minimum Gasteiger partial charge on any atom is -0.330 e. The Labute approximate surface area is 59.6 Å². The summed E-state index contributed by atoms with van der Waals surface area (Å²) in [6.45, 7) is 3.06. The van der Waals surface area contributed by atoms with Crippen LogP contribution in [-0.4, -0.2) is 11.4 Å². The molecule has 0 heterocycles. The van der Waals surface area contributed by atoms with Crippen LogP contribution in [-0.2, 0) is 4.79 Å². The van der Waals surface area contributed by atoms with Crippen LogP contribution in [0.2, 0.25) is 0 Å². The predicted molar refractivity (Wildman–Crippen MR) is 36.9 cm³/mol. The molecule has 0 rings (SSSR count). The highest BCUT2D eigenvalue weighted by atomic mass is 35.5. The lowest BCUT2D eigenvalue weighted by Crippen LogP contribution is -2.26. The number of carbonyl (C=O) groups excluding carboxylic acids is 1. The molecule has 0 saturated carbocycles. The summed E-state index contributed by atoms with van der Waals surface area (Å²) in [5.74, 6) is 4.97. The van der Waals surface area contributed by atoms with Gasteiger partial charge < -0.3 is 5.32 Å². The first-order chi connectivity index (χ1) is 4.16. The second kappa shape index (κ2) is 4.22. The molecule has 50 valence electrons. The van der Waals surface area contributed by atoms with E-state index in [2.05, 4.69) is 17.2 Å². The molecule has 0 aliphatic carbocycles. The molecule has 0 aliphatic heterocycles. The van der Waals surface area contributed by atoms with Crippen LogP contribution in [0.1, 0.15) is 13.8 Å². The topological polar surface area (TPSA) is 29.1 Å². The van der Waals surface area contributed by atoms with Gasteiger partial charge in [-0.2, -0.15) is 0 Å². The first kappa shape index (κ1) is 8.32. The summed E-state index contributed by atoms with van der Waals surface area (Å²) in [5.41, 5.74) is -0.549. The van der Waals surface area contributed by atoms with Crippen LogP contribution in [0.15, 0.2) is 0 Å². The maximum absolute atomic E-state index is 10.3. The molecule has 0 saturated heterocycles. The van der Waals surface area contributed by atoms with Crippen LogP contribution in [0.25, 0.3) is 0 Å². The van der Waals surface area contributed by atoms with Gasteiger partial charge in [0.05, 0.1) is 0 Å². The van der Waals surface area contributed by atoms with E-state index in [9.17, 15) is 4.79 Å². The van der Waals surface area contributed by atoms with E-state index < -0.39 is 5.50 Å². The standard InChI is InChI=1S/C6H8ClNO/c1-3-4-6(7)8-5(2)9/h6H,1-2H3,(H,8,9). The first-order valence-electron chi connectivity index (χ1n) is 2.50. The number of alkyl halides is 1. The van der Waals surface area contributed by atoms with Gasteiger partial charge in [-0.3, -0.25) is 4.79 Å². The fourth-order valence-electron chi connectivity index (χ4n) is 0.341. The van der Waals surface area contributed by atoms with Crippen molar-refractivity contribution >= 4 is 17.5 Å². The Bertz CT molecular complexity index is 156. The summed E-state index contributed by atoms with van der Waals surface area (Å²) in [4.78, 5) is 10.3. The molecule has 1 atom stereocenters. The van der Waals surface area contributed by atoms with E-state index in [1.54, 1.807) is 6.92 Å². The number of halogens is 1. The molecule has 1 amide bonds. The third-order valence-electron chi connectivity index (χ3n) is 0.601. The molecule has 9 heavy (non-hydrogen) atoms. The summed E-state index contributed by atoms with van der Waals surface area (Å²) < 4.78 is 0. The molecule has 0 bridgehead atoms. The minimum atomic E-state index is -0.549. The Kier molecular flexibility index (Phi) is 3.90. The molecular formula is C6H8ClNO. The van der Waals surface area contributed by atoms with Crippen molar-refractivity contribution in [2.75, 3.05) is 0 Å². The molecule has 0 fully saturated rings. The Morgan fingerprint density at radius 1 is 1.78 bits per heavy atom. The molecule has 0 aromatic heterocycles. The largest absolute Gasteiger partial charge is 0.330 e. The minimum absolute atomic E-state index is 0.169. The highest BCUT2D eigenvalue weighted by Gasteiger charge is 1.97. The van der Waals surface area contributed by atoms with Gasteiger partial charge in [-0.1, -0.05) is 17.5 Å². The average molecular weight is 146 g/mol. The quantitative estimate of drug-likeness (QED) is 0.329. The van der Waals surface area contributed by atoms with Gasteiger partial charge in [-0.25, -0.2) is 0 Å². The summed E-state index contributed by atoms with van der Waals surface area (Å²) in [6.07, 6.45) is 0. The van der Waals surface area contributed by atoms with Crippen LogP contribution in [0, 0.1) is 11.8 Å². The zero-order valence-electron chi connectivity index (χ0n) is 5.36. The summed E-state index contributed by atoms with van der Waals surface area (Å²) >= 11 is 5.47. The van der Waals surface area contributed by atoms with Crippen molar-refractivity contribution in [3.8, 4) is 11.8 Å². The molecule has 2 nitrogen and oxygen atoms in total. The third-order valence-corrected chi connectivity index (χ3v) is 0.819. The van der Waals surface area contributed by atoms with Crippen molar-refractivity contribution in [3.05, 3.63) is 0 Å². The van der Waals surface area contributed by atoms with Gasteiger partial charge >= 0.3 is 0 Å². The zero-order chi connectivity index (χ0) is 7.28. The van der Waals surface area contributed by atoms with Crippen LogP contribution in [0.5, 0.6) is 0 Å². The van der Waals surface area contributed by atoms with E-state index in [4.69, 9.17) is 11.6 Å². The number of hydrogen-bond acceptors (Lipinski definition) is 1. The lowest BCUT2D eigenvalue weighted by atomic mass is 10.5. The van der Waals surface area contributed by atoms with Crippen LogP contribution in [0.3, 0.4) is 0 Å². The Morgan fingerprint density at radius 3 is 2.67 bits per heavy atom. The van der Waals surface area contributed by atoms with Crippen molar-refractivity contribution in [1.29, 1.82) is 0 Å². The smallest absolute Gasteiger partial charge is 0.218 e. The summed E-state index contributed by atoms with van der Waals surface area (Å²) in [6, 6.07) is 0. The normalized spacial score (nSPS) is 11.0. The molecule has 1 N–H and O–H groups in total. The molecule has 0 aromatic rings. The maximum Gasteiger partial charge on any atom is 0.218 e. The van der Waals surface area contributed by atoms with Crippen LogP contribution >= 0.6 is 11.6 Å². The van der Waals surface area contributed by atoms with E-state index in [0.717, 1.165) is 0 Å². The first-order valence-corrected chi connectivity index (χ1v) is 2.94. The van der Waals surface area contributed by atoms with Crippen molar-refractivity contribution in [2.45, 2.75) is 19.3 Å². The maximum atomic E-state index is 10.3. The fraction of sp³-hybridized carbons (Fsp3) is 0.500. The number of nitrogens with one attached hydrogen (secondary N) is 1. The van der Waals surface area contributed by atoms with E-state index in [1.165, 1.54) is 6.92 Å². The molecule has 0 aliphatic rings. The highest BCUT2D eigenvalue weighted by molar-refractivity contribution is 6.23. The van der Waals surface area contributed by atoms with Crippen molar-refractivity contribution < 1.29 is 4.79 Å². The van der Waals surface area contributed by atoms with Crippen molar-refractivity contribution in [2.24, 2.45) is 0 Å². The van der Waals surface area contributed by atoms with Gasteiger partial charge in [0.1, 0.15) is 0 Å². The van der Waals surface area contributed by atoms with E-state index >= 15 is 0 Å². The molecular weight excluding hydrogens is 138 g/mol. The molecule has 1 unspecified atom stereocenters. The second-order valence-corrected chi connectivity index (χ2v) is 1.89. The Morgan fingerprint density at radius 2 is 2.33 bits per heavy atom. The lowest BCUT2D eigenvalue weighted by Gasteiger charge is -1.99. The van der Waals surface area contributed by atoms with Crippen LogP contribution in [0.4, 0.5) is 0 Å². The Balaban J connectivity index is 3.59. The van der Waals surface area contributed by atoms with E-state index in [1.807, 2.05) is 0 Å². The monoisotopic (exact) mass is 145 g/mol. The lowest BCUT2D eigenvalue weighted by molar-refractivity contribution is -0.118. The average Bonchev–Trinajstić information content (AvgIpc) is 1.63. The molecule has 0 spiro atoms. The summed E-state index contributed by atoms with van der Waals surface area (Å²) in [7, 11) is 0. The Hall–Kier alpha value is -0.680. The number of carbonyl (C=O) groups is 1. The van der Waals surface area contributed by atoms with E-state index in [-0.39, 0.29) is 5.91 Å². The van der Waals surface area contributed by atoms with Gasteiger partial charge in [-0.15, -0.1) is 5.92 Å². The predicted octanol–water partition coefficient (Wildman–Crippen LogP) is 0.711. The molecule has 0 radical (unpaired) electrons. The second-order valence-electron chi connectivity index (χ2n) is 1.46. The zero-order valence-corrected chi connectivity index (χ0v) is 6.12. The van der Waals surface area contributed by atoms with E-state index in [0.29, 0.717) is 0 Å². The molecule has 3 heteroatoms. The molecule has 0 aromatic carbocycles.